The Morgan fingerprint density at radius 2 is 1.22 bits per heavy atom. The molecule has 3 nitrogen and oxygen atoms in total. The highest BCUT2D eigenvalue weighted by molar-refractivity contribution is 8.00. The van der Waals surface area contributed by atoms with Crippen LogP contribution in [-0.2, 0) is 4.57 Å². The molecular formula is C16H16ClF2O3P. The quantitative estimate of drug-likeness (QED) is 0.771. The maximum absolute atomic E-state index is 13.7. The van der Waals surface area contributed by atoms with Crippen LogP contribution in [0, 0.1) is 25.5 Å². The highest BCUT2D eigenvalue weighted by Gasteiger charge is 2.33. The fraction of sp³-hybridized carbons (Fsp3) is 0.250. The van der Waals surface area contributed by atoms with Crippen LogP contribution in [0.15, 0.2) is 24.3 Å². The molecular weight excluding hydrogens is 345 g/mol. The van der Waals surface area contributed by atoms with Gasteiger partial charge in [-0.3, -0.25) is 4.57 Å². The van der Waals surface area contributed by atoms with Crippen LogP contribution in [-0.4, -0.2) is 14.2 Å². The summed E-state index contributed by atoms with van der Waals surface area (Å²) in [7, 11) is 2.69. The number of benzene rings is 2. The molecule has 124 valence electrons. The molecule has 2 aromatic carbocycles. The van der Waals surface area contributed by atoms with E-state index in [1.54, 1.807) is 0 Å². The van der Waals surface area contributed by atoms with Gasteiger partial charge in [0.2, 0.25) is 6.49 Å². The van der Waals surface area contributed by atoms with E-state index in [2.05, 4.69) is 0 Å². The highest BCUT2D eigenvalue weighted by atomic mass is 35.7. The topological polar surface area (TPSA) is 35.5 Å². The van der Waals surface area contributed by atoms with Gasteiger partial charge in [-0.05, 0) is 49.4 Å². The predicted octanol–water partition coefficient (Wildman–Crippen LogP) is 4.07. The first-order chi connectivity index (χ1) is 10.8. The Morgan fingerprint density at radius 3 is 1.52 bits per heavy atom. The Balaban J connectivity index is 2.77. The van der Waals surface area contributed by atoms with Crippen molar-refractivity contribution in [2.24, 2.45) is 0 Å². The molecule has 2 rings (SSSR count). The second-order valence-corrected chi connectivity index (χ2v) is 8.44. The van der Waals surface area contributed by atoms with Gasteiger partial charge in [-0.1, -0.05) is 0 Å². The van der Waals surface area contributed by atoms with Crippen LogP contribution in [0.25, 0.3) is 0 Å². The molecule has 0 aliphatic heterocycles. The summed E-state index contributed by atoms with van der Waals surface area (Å²) in [5.74, 6) is -0.784. The number of hydrogen-bond acceptors (Lipinski definition) is 3. The smallest absolute Gasteiger partial charge is 0.233 e. The van der Waals surface area contributed by atoms with E-state index in [-0.39, 0.29) is 33.2 Å². The van der Waals surface area contributed by atoms with Crippen molar-refractivity contribution in [3.05, 3.63) is 47.0 Å². The molecule has 0 aliphatic carbocycles. The van der Waals surface area contributed by atoms with Gasteiger partial charge in [0.05, 0.1) is 24.8 Å². The van der Waals surface area contributed by atoms with Crippen LogP contribution in [0.2, 0.25) is 0 Å². The van der Waals surface area contributed by atoms with Crippen molar-refractivity contribution in [3.63, 3.8) is 0 Å². The Hall–Kier alpha value is -1.58. The number of methoxy groups -OCH3 is 2. The Kier molecular flexibility index (Phi) is 5.02. The second-order valence-electron chi connectivity index (χ2n) is 4.98. The normalized spacial score (nSPS) is 11.4. The summed E-state index contributed by atoms with van der Waals surface area (Å²) < 4.78 is 51.1. The molecule has 0 radical (unpaired) electrons. The first kappa shape index (κ1) is 17.8. The fourth-order valence-electron chi connectivity index (χ4n) is 2.40. The zero-order valence-electron chi connectivity index (χ0n) is 13.1. The first-order valence-corrected chi connectivity index (χ1v) is 9.33. The maximum atomic E-state index is 13.7. The Labute approximate surface area is 138 Å². The summed E-state index contributed by atoms with van der Waals surface area (Å²) in [4.78, 5) is 0. The number of ether oxygens (including phenoxy) is 2. The van der Waals surface area contributed by atoms with E-state index in [4.69, 9.17) is 20.7 Å². The van der Waals surface area contributed by atoms with Crippen LogP contribution in [0.4, 0.5) is 8.78 Å². The van der Waals surface area contributed by atoms with E-state index in [0.717, 1.165) is 0 Å². The zero-order chi connectivity index (χ0) is 17.4. The molecule has 0 fully saturated rings. The fourth-order valence-corrected chi connectivity index (χ4v) is 5.04. The van der Waals surface area contributed by atoms with Gasteiger partial charge < -0.3 is 9.47 Å². The lowest BCUT2D eigenvalue weighted by Gasteiger charge is -2.20. The zero-order valence-corrected chi connectivity index (χ0v) is 14.8. The lowest BCUT2D eigenvalue weighted by Crippen LogP contribution is -2.18. The lowest BCUT2D eigenvalue weighted by atomic mass is 10.2. The van der Waals surface area contributed by atoms with Crippen LogP contribution in [0.3, 0.4) is 0 Å². The van der Waals surface area contributed by atoms with E-state index in [1.807, 2.05) is 0 Å². The first-order valence-electron chi connectivity index (χ1n) is 6.72. The molecule has 2 aromatic rings. The van der Waals surface area contributed by atoms with Gasteiger partial charge in [0, 0.05) is 11.1 Å². The van der Waals surface area contributed by atoms with E-state index in [1.165, 1.54) is 52.3 Å². The molecule has 0 bridgehead atoms. The summed E-state index contributed by atoms with van der Waals surface area (Å²) >= 11 is 6.35. The third-order valence-corrected chi connectivity index (χ3v) is 6.70. The standard InChI is InChI=1S/C16H16ClF2O3P/c1-9-11(18)5-7-13(15(9)21-3)23(17,20)14-8-6-12(19)10(2)16(14)22-4/h5-8H,1-4H3. The summed E-state index contributed by atoms with van der Waals surface area (Å²) in [6.45, 7) is -0.707. The number of rotatable bonds is 4. The molecule has 7 heteroatoms. The highest BCUT2D eigenvalue weighted by Crippen LogP contribution is 2.54. The van der Waals surface area contributed by atoms with Crippen molar-refractivity contribution in [2.75, 3.05) is 14.2 Å². The van der Waals surface area contributed by atoms with Gasteiger partial charge in [-0.2, -0.15) is 0 Å². The third kappa shape index (κ3) is 2.96. The molecule has 0 heterocycles. The minimum atomic E-state index is -3.71. The lowest BCUT2D eigenvalue weighted by molar-refractivity contribution is 0.409. The summed E-state index contributed by atoms with van der Waals surface area (Å²) in [5, 5.41) is 0.287. The average molecular weight is 361 g/mol. The van der Waals surface area contributed by atoms with Crippen molar-refractivity contribution < 1.29 is 22.8 Å². The van der Waals surface area contributed by atoms with E-state index < -0.39 is 18.1 Å². The predicted molar refractivity (Wildman–Crippen MR) is 88.1 cm³/mol. The minimum absolute atomic E-state index is 0.104. The van der Waals surface area contributed by atoms with E-state index in [9.17, 15) is 13.3 Å². The van der Waals surface area contributed by atoms with Gasteiger partial charge in [0.15, 0.2) is 0 Å². The van der Waals surface area contributed by atoms with Crippen molar-refractivity contribution in [1.82, 2.24) is 0 Å². The van der Waals surface area contributed by atoms with Crippen molar-refractivity contribution in [3.8, 4) is 11.5 Å². The molecule has 0 saturated heterocycles. The van der Waals surface area contributed by atoms with Gasteiger partial charge in [-0.15, -0.1) is 0 Å². The maximum Gasteiger partial charge on any atom is 0.233 e. The molecule has 0 aliphatic rings. The van der Waals surface area contributed by atoms with Crippen molar-refractivity contribution >= 4 is 28.3 Å². The number of halogens is 3. The molecule has 0 spiro atoms. The van der Waals surface area contributed by atoms with E-state index in [0.29, 0.717) is 0 Å². The molecule has 0 amide bonds. The van der Waals surface area contributed by atoms with Gasteiger partial charge in [0.25, 0.3) is 0 Å². The van der Waals surface area contributed by atoms with Crippen LogP contribution < -0.4 is 20.1 Å². The summed E-state index contributed by atoms with van der Waals surface area (Å²) in [6.07, 6.45) is 0. The Bertz CT molecular complexity index is 745. The molecule has 0 N–H and O–H groups in total. The van der Waals surface area contributed by atoms with Crippen LogP contribution in [0.1, 0.15) is 11.1 Å². The van der Waals surface area contributed by atoms with Gasteiger partial charge in [0.1, 0.15) is 23.1 Å². The number of hydrogen-bond donors (Lipinski definition) is 0. The minimum Gasteiger partial charge on any atom is -0.496 e. The van der Waals surface area contributed by atoms with Gasteiger partial charge >= 0.3 is 0 Å². The van der Waals surface area contributed by atoms with Crippen LogP contribution >= 0.6 is 17.7 Å². The van der Waals surface area contributed by atoms with Gasteiger partial charge in [-0.25, -0.2) is 8.78 Å². The van der Waals surface area contributed by atoms with E-state index >= 15 is 0 Å². The van der Waals surface area contributed by atoms with Crippen molar-refractivity contribution in [1.29, 1.82) is 0 Å². The summed E-state index contributed by atoms with van der Waals surface area (Å²) in [5.41, 5.74) is 0.396. The Morgan fingerprint density at radius 1 is 0.870 bits per heavy atom. The third-order valence-electron chi connectivity index (χ3n) is 3.67. The molecule has 0 saturated carbocycles. The average Bonchev–Trinajstić information content (AvgIpc) is 2.51. The molecule has 23 heavy (non-hydrogen) atoms. The summed E-state index contributed by atoms with van der Waals surface area (Å²) in [6, 6.07) is 4.97. The molecule has 0 aromatic heterocycles. The monoisotopic (exact) mass is 360 g/mol. The molecule has 0 unspecified atom stereocenters. The van der Waals surface area contributed by atoms with Crippen molar-refractivity contribution in [2.45, 2.75) is 13.8 Å². The largest absolute Gasteiger partial charge is 0.496 e. The molecule has 0 atom stereocenters. The second kappa shape index (κ2) is 6.50. The van der Waals surface area contributed by atoms with Crippen LogP contribution in [0.5, 0.6) is 11.5 Å². The SMILES string of the molecule is COc1c(P(=O)(Cl)c2ccc(F)c(C)c2OC)ccc(F)c1C.